The summed E-state index contributed by atoms with van der Waals surface area (Å²) >= 11 is 1.50. The Labute approximate surface area is 144 Å². The molecule has 1 amide bonds. The van der Waals surface area contributed by atoms with Gasteiger partial charge >= 0.3 is 0 Å². The molecule has 2 aromatic heterocycles. The van der Waals surface area contributed by atoms with Gasteiger partial charge in [-0.1, -0.05) is 44.2 Å². The predicted octanol–water partition coefficient (Wildman–Crippen LogP) is 2.76. The number of aromatic nitrogens is 4. The van der Waals surface area contributed by atoms with E-state index in [1.165, 1.54) is 16.9 Å². The zero-order valence-electron chi connectivity index (χ0n) is 14.3. The molecule has 3 aromatic rings. The van der Waals surface area contributed by atoms with Gasteiger partial charge < -0.3 is 5.32 Å². The van der Waals surface area contributed by atoms with Gasteiger partial charge in [-0.25, -0.2) is 0 Å². The Kier molecular flexibility index (Phi) is 4.36. The molecule has 3 rings (SSSR count). The van der Waals surface area contributed by atoms with Crippen molar-refractivity contribution in [1.29, 1.82) is 0 Å². The minimum atomic E-state index is -0.0605. The zero-order chi connectivity index (χ0) is 17.3. The second kappa shape index (κ2) is 6.32. The standard InChI is InChI=1S/C17H21N5OS/c1-11-19-20-16-22(11)21-14(24-16)9-10-18-15(23)12-5-7-13(8-6-12)17(2,3)4/h5-8H,9-10H2,1-4H3,(H,18,23). The van der Waals surface area contributed by atoms with E-state index in [9.17, 15) is 4.79 Å². The SMILES string of the molecule is Cc1nnc2sc(CCNC(=O)c3ccc(C(C)(C)C)cc3)nn12. The van der Waals surface area contributed by atoms with Crippen LogP contribution in [0.25, 0.3) is 4.96 Å². The van der Waals surface area contributed by atoms with Crippen LogP contribution < -0.4 is 5.32 Å². The number of benzene rings is 1. The van der Waals surface area contributed by atoms with Crippen molar-refractivity contribution in [2.75, 3.05) is 6.54 Å². The van der Waals surface area contributed by atoms with Crippen LogP contribution >= 0.6 is 11.3 Å². The number of nitrogens with one attached hydrogen (secondary N) is 1. The molecule has 0 radical (unpaired) electrons. The smallest absolute Gasteiger partial charge is 0.251 e. The van der Waals surface area contributed by atoms with Crippen LogP contribution in [0.2, 0.25) is 0 Å². The number of nitrogens with zero attached hydrogens (tertiary/aromatic N) is 4. The van der Waals surface area contributed by atoms with Crippen LogP contribution in [0.4, 0.5) is 0 Å². The zero-order valence-corrected chi connectivity index (χ0v) is 15.1. The third kappa shape index (κ3) is 3.46. The Morgan fingerprint density at radius 2 is 1.92 bits per heavy atom. The first-order chi connectivity index (χ1) is 11.3. The van der Waals surface area contributed by atoms with Crippen molar-refractivity contribution >= 4 is 22.2 Å². The molecular weight excluding hydrogens is 322 g/mol. The summed E-state index contributed by atoms with van der Waals surface area (Å²) in [6.45, 7) is 8.88. The molecule has 7 heteroatoms. The van der Waals surface area contributed by atoms with Crippen molar-refractivity contribution in [3.05, 3.63) is 46.2 Å². The maximum Gasteiger partial charge on any atom is 0.251 e. The van der Waals surface area contributed by atoms with Gasteiger partial charge in [-0.3, -0.25) is 4.79 Å². The first kappa shape index (κ1) is 16.6. The second-order valence-corrected chi connectivity index (χ2v) is 7.81. The lowest BCUT2D eigenvalue weighted by Gasteiger charge is -2.19. The van der Waals surface area contributed by atoms with Crippen LogP contribution in [0.15, 0.2) is 24.3 Å². The van der Waals surface area contributed by atoms with E-state index in [-0.39, 0.29) is 11.3 Å². The summed E-state index contributed by atoms with van der Waals surface area (Å²) < 4.78 is 1.73. The highest BCUT2D eigenvalue weighted by molar-refractivity contribution is 7.16. The van der Waals surface area contributed by atoms with Gasteiger partial charge in [0.15, 0.2) is 5.82 Å². The third-order valence-electron chi connectivity index (χ3n) is 3.83. The van der Waals surface area contributed by atoms with Gasteiger partial charge in [0.05, 0.1) is 0 Å². The molecule has 0 fully saturated rings. The molecule has 2 heterocycles. The Morgan fingerprint density at radius 3 is 2.54 bits per heavy atom. The highest BCUT2D eigenvalue weighted by atomic mass is 32.1. The molecule has 0 atom stereocenters. The molecule has 0 saturated heterocycles. The second-order valence-electron chi connectivity index (χ2n) is 6.77. The largest absolute Gasteiger partial charge is 0.352 e. The summed E-state index contributed by atoms with van der Waals surface area (Å²) in [4.78, 5) is 13.0. The lowest BCUT2D eigenvalue weighted by atomic mass is 9.87. The number of hydrogen-bond donors (Lipinski definition) is 1. The average Bonchev–Trinajstić information content (AvgIpc) is 3.08. The Balaban J connectivity index is 1.57. The predicted molar refractivity (Wildman–Crippen MR) is 94.6 cm³/mol. The molecule has 0 bridgehead atoms. The first-order valence-corrected chi connectivity index (χ1v) is 8.73. The maximum absolute atomic E-state index is 12.2. The van der Waals surface area contributed by atoms with Crippen LogP contribution in [0.3, 0.4) is 0 Å². The van der Waals surface area contributed by atoms with Crippen molar-refractivity contribution < 1.29 is 4.79 Å². The van der Waals surface area contributed by atoms with Gasteiger partial charge in [0, 0.05) is 18.5 Å². The average molecular weight is 343 g/mol. The van der Waals surface area contributed by atoms with E-state index in [4.69, 9.17) is 0 Å². The van der Waals surface area contributed by atoms with Gasteiger partial charge in [-0.15, -0.1) is 10.2 Å². The van der Waals surface area contributed by atoms with Gasteiger partial charge in [-0.05, 0) is 30.0 Å². The summed E-state index contributed by atoms with van der Waals surface area (Å²) in [5.74, 6) is 0.713. The number of carbonyl (C=O) groups excluding carboxylic acids is 1. The fourth-order valence-electron chi connectivity index (χ4n) is 2.36. The summed E-state index contributed by atoms with van der Waals surface area (Å²) in [6, 6.07) is 7.78. The van der Waals surface area contributed by atoms with E-state index >= 15 is 0 Å². The number of amides is 1. The van der Waals surface area contributed by atoms with Crippen LogP contribution in [0.1, 0.15) is 47.5 Å². The molecule has 0 unspecified atom stereocenters. The molecule has 24 heavy (non-hydrogen) atoms. The number of carbonyl (C=O) groups is 1. The molecule has 0 aliphatic rings. The fraction of sp³-hybridized carbons (Fsp3) is 0.412. The molecule has 0 aliphatic heterocycles. The topological polar surface area (TPSA) is 72.2 Å². The van der Waals surface area contributed by atoms with Crippen LogP contribution in [0.5, 0.6) is 0 Å². The molecule has 6 nitrogen and oxygen atoms in total. The molecule has 1 aromatic carbocycles. The van der Waals surface area contributed by atoms with Gasteiger partial charge in [0.1, 0.15) is 5.01 Å². The van der Waals surface area contributed by atoms with Crippen molar-refractivity contribution in [3.8, 4) is 0 Å². The summed E-state index contributed by atoms with van der Waals surface area (Å²) in [5, 5.41) is 16.3. The Bertz CT molecular complexity index is 857. The summed E-state index contributed by atoms with van der Waals surface area (Å²) in [7, 11) is 0. The molecule has 0 saturated carbocycles. The highest BCUT2D eigenvalue weighted by Crippen LogP contribution is 2.22. The lowest BCUT2D eigenvalue weighted by molar-refractivity contribution is 0.0954. The molecular formula is C17H21N5OS. The van der Waals surface area contributed by atoms with Crippen LogP contribution in [-0.2, 0) is 11.8 Å². The summed E-state index contributed by atoms with van der Waals surface area (Å²) in [5.41, 5.74) is 1.98. The van der Waals surface area contributed by atoms with Gasteiger partial charge in [0.2, 0.25) is 4.96 Å². The van der Waals surface area contributed by atoms with Crippen LogP contribution in [-0.4, -0.2) is 32.3 Å². The minimum Gasteiger partial charge on any atom is -0.352 e. The highest BCUT2D eigenvalue weighted by Gasteiger charge is 2.14. The van der Waals surface area contributed by atoms with E-state index in [1.807, 2.05) is 31.2 Å². The number of fused-ring (bicyclic) bond motifs is 1. The van der Waals surface area contributed by atoms with Gasteiger partial charge in [0.25, 0.3) is 5.91 Å². The molecule has 0 aliphatic carbocycles. The fourth-order valence-corrected chi connectivity index (χ4v) is 3.24. The van der Waals surface area contributed by atoms with Crippen molar-refractivity contribution in [2.45, 2.75) is 39.5 Å². The maximum atomic E-state index is 12.2. The summed E-state index contributed by atoms with van der Waals surface area (Å²) in [6.07, 6.45) is 0.680. The number of rotatable bonds is 4. The minimum absolute atomic E-state index is 0.0605. The van der Waals surface area contributed by atoms with Crippen molar-refractivity contribution in [2.24, 2.45) is 0 Å². The molecule has 126 valence electrons. The lowest BCUT2D eigenvalue weighted by Crippen LogP contribution is -2.25. The molecule has 0 spiro atoms. The first-order valence-electron chi connectivity index (χ1n) is 7.91. The van der Waals surface area contributed by atoms with Crippen molar-refractivity contribution in [1.82, 2.24) is 25.1 Å². The van der Waals surface area contributed by atoms with Gasteiger partial charge in [-0.2, -0.15) is 9.61 Å². The molecule has 1 N–H and O–H groups in total. The quantitative estimate of drug-likeness (QED) is 0.791. The third-order valence-corrected chi connectivity index (χ3v) is 4.78. The Hall–Kier alpha value is -2.28. The van der Waals surface area contributed by atoms with E-state index < -0.39 is 0 Å². The van der Waals surface area contributed by atoms with E-state index in [2.05, 4.69) is 41.4 Å². The van der Waals surface area contributed by atoms with E-state index in [0.29, 0.717) is 18.5 Å². The van der Waals surface area contributed by atoms with Crippen molar-refractivity contribution in [3.63, 3.8) is 0 Å². The van der Waals surface area contributed by atoms with E-state index in [1.54, 1.807) is 4.52 Å². The van der Waals surface area contributed by atoms with Crippen LogP contribution in [0, 0.1) is 6.92 Å². The normalized spacial score (nSPS) is 11.8. The number of aryl methyl sites for hydroxylation is 1. The monoisotopic (exact) mass is 343 g/mol. The number of hydrogen-bond acceptors (Lipinski definition) is 5. The Morgan fingerprint density at radius 1 is 1.21 bits per heavy atom. The van der Waals surface area contributed by atoms with E-state index in [0.717, 1.165) is 15.8 Å².